The van der Waals surface area contributed by atoms with Crippen molar-refractivity contribution in [1.82, 2.24) is 5.32 Å². The van der Waals surface area contributed by atoms with Crippen LogP contribution in [0.2, 0.25) is 0 Å². The van der Waals surface area contributed by atoms with Crippen LogP contribution in [0.1, 0.15) is 65.2 Å². The summed E-state index contributed by atoms with van der Waals surface area (Å²) in [4.78, 5) is 0. The third kappa shape index (κ3) is 3.45. The molecule has 2 nitrogen and oxygen atoms in total. The molecule has 0 bridgehead atoms. The molecule has 0 aromatic heterocycles. The first-order chi connectivity index (χ1) is 8.11. The Kier molecular flexibility index (Phi) is 4.48. The third-order valence-electron chi connectivity index (χ3n) is 5.18. The van der Waals surface area contributed by atoms with Crippen molar-refractivity contribution in [3.63, 3.8) is 0 Å². The average Bonchev–Trinajstić information content (AvgIpc) is 2.32. The van der Waals surface area contributed by atoms with E-state index in [4.69, 9.17) is 0 Å². The molecule has 17 heavy (non-hydrogen) atoms. The number of nitrogens with one attached hydrogen (secondary N) is 1. The minimum atomic E-state index is -0.404. The molecule has 3 unspecified atom stereocenters. The molecule has 0 heterocycles. The van der Waals surface area contributed by atoms with Gasteiger partial charge in [-0.2, -0.15) is 0 Å². The summed E-state index contributed by atoms with van der Waals surface area (Å²) in [6, 6.07) is 0.629. The normalized spacial score (nSPS) is 37.9. The predicted octanol–water partition coefficient (Wildman–Crippen LogP) is 3.10. The highest BCUT2D eigenvalue weighted by Gasteiger charge is 2.32. The Hall–Kier alpha value is -0.0800. The molecule has 0 spiro atoms. The molecular formula is C15H29NO. The lowest BCUT2D eigenvalue weighted by molar-refractivity contribution is -0.00124. The van der Waals surface area contributed by atoms with Crippen LogP contribution in [-0.2, 0) is 0 Å². The molecular weight excluding hydrogens is 210 g/mol. The standard InChI is InChI=1S/C15H29NO/c1-12-7-6-8-14(13(12)2)16-11-15(17)9-4-3-5-10-15/h12-14,16-17H,3-11H2,1-2H3. The van der Waals surface area contributed by atoms with Crippen LogP contribution >= 0.6 is 0 Å². The molecule has 2 rings (SSSR count). The van der Waals surface area contributed by atoms with Gasteiger partial charge in [0.15, 0.2) is 0 Å². The van der Waals surface area contributed by atoms with Gasteiger partial charge in [0.2, 0.25) is 0 Å². The molecule has 2 N–H and O–H groups in total. The second kappa shape index (κ2) is 5.71. The zero-order valence-electron chi connectivity index (χ0n) is 11.5. The van der Waals surface area contributed by atoms with Crippen LogP contribution in [-0.4, -0.2) is 23.3 Å². The minimum Gasteiger partial charge on any atom is -0.389 e. The van der Waals surface area contributed by atoms with Gasteiger partial charge in [-0.3, -0.25) is 0 Å². The summed E-state index contributed by atoms with van der Waals surface area (Å²) in [6.45, 7) is 5.55. The van der Waals surface area contributed by atoms with Gasteiger partial charge in [0.25, 0.3) is 0 Å². The second-order valence-electron chi connectivity index (χ2n) is 6.54. The zero-order chi connectivity index (χ0) is 12.3. The van der Waals surface area contributed by atoms with Crippen molar-refractivity contribution >= 4 is 0 Å². The maximum absolute atomic E-state index is 10.5. The average molecular weight is 239 g/mol. The lowest BCUT2D eigenvalue weighted by atomic mass is 9.77. The summed E-state index contributed by atoms with van der Waals surface area (Å²) < 4.78 is 0. The first-order valence-corrected chi connectivity index (χ1v) is 7.56. The summed E-state index contributed by atoms with van der Waals surface area (Å²) in [5, 5.41) is 14.2. The highest BCUT2D eigenvalue weighted by atomic mass is 16.3. The Labute approximate surface area is 106 Å². The molecule has 100 valence electrons. The number of hydrogen-bond donors (Lipinski definition) is 2. The van der Waals surface area contributed by atoms with E-state index in [2.05, 4.69) is 19.2 Å². The van der Waals surface area contributed by atoms with E-state index in [1.54, 1.807) is 0 Å². The van der Waals surface area contributed by atoms with Gasteiger partial charge >= 0.3 is 0 Å². The molecule has 0 amide bonds. The van der Waals surface area contributed by atoms with Crippen molar-refractivity contribution in [3.8, 4) is 0 Å². The quantitative estimate of drug-likeness (QED) is 0.793. The fourth-order valence-corrected chi connectivity index (χ4v) is 3.58. The number of rotatable bonds is 3. The topological polar surface area (TPSA) is 32.3 Å². The molecule has 0 aromatic carbocycles. The van der Waals surface area contributed by atoms with E-state index in [0.29, 0.717) is 6.04 Å². The smallest absolute Gasteiger partial charge is 0.0771 e. The van der Waals surface area contributed by atoms with Crippen molar-refractivity contribution in [3.05, 3.63) is 0 Å². The molecule has 3 atom stereocenters. The monoisotopic (exact) mass is 239 g/mol. The summed E-state index contributed by atoms with van der Waals surface area (Å²) >= 11 is 0. The van der Waals surface area contributed by atoms with Crippen LogP contribution in [0.25, 0.3) is 0 Å². The lowest BCUT2D eigenvalue weighted by Crippen LogP contribution is -2.49. The molecule has 2 fully saturated rings. The number of aliphatic hydroxyl groups is 1. The van der Waals surface area contributed by atoms with Crippen molar-refractivity contribution < 1.29 is 5.11 Å². The predicted molar refractivity (Wildman–Crippen MR) is 72.0 cm³/mol. The van der Waals surface area contributed by atoms with Crippen LogP contribution in [0.5, 0.6) is 0 Å². The van der Waals surface area contributed by atoms with Crippen molar-refractivity contribution in [1.29, 1.82) is 0 Å². The Morgan fingerprint density at radius 1 is 1.06 bits per heavy atom. The fraction of sp³-hybridized carbons (Fsp3) is 1.00. The van der Waals surface area contributed by atoms with Gasteiger partial charge < -0.3 is 10.4 Å². The van der Waals surface area contributed by atoms with Crippen molar-refractivity contribution in [2.75, 3.05) is 6.54 Å². The lowest BCUT2D eigenvalue weighted by Gasteiger charge is -2.38. The van der Waals surface area contributed by atoms with Crippen molar-refractivity contribution in [2.45, 2.75) is 76.9 Å². The van der Waals surface area contributed by atoms with Crippen molar-refractivity contribution in [2.24, 2.45) is 11.8 Å². The number of hydrogen-bond acceptors (Lipinski definition) is 2. The van der Waals surface area contributed by atoms with E-state index in [0.717, 1.165) is 31.2 Å². The van der Waals surface area contributed by atoms with Gasteiger partial charge in [0.05, 0.1) is 5.60 Å². The van der Waals surface area contributed by atoms with E-state index < -0.39 is 5.60 Å². The van der Waals surface area contributed by atoms with Gasteiger partial charge in [0, 0.05) is 12.6 Å². The summed E-state index contributed by atoms with van der Waals surface area (Å²) in [5.41, 5.74) is -0.404. The fourth-order valence-electron chi connectivity index (χ4n) is 3.58. The van der Waals surface area contributed by atoms with Crippen LogP contribution < -0.4 is 5.32 Å². The highest BCUT2D eigenvalue weighted by molar-refractivity contribution is 4.88. The first kappa shape index (κ1) is 13.4. The summed E-state index contributed by atoms with van der Waals surface area (Å²) in [6.07, 6.45) is 9.73. The first-order valence-electron chi connectivity index (χ1n) is 7.56. The van der Waals surface area contributed by atoms with E-state index in [1.807, 2.05) is 0 Å². The maximum Gasteiger partial charge on any atom is 0.0771 e. The maximum atomic E-state index is 10.5. The van der Waals surface area contributed by atoms with E-state index in [1.165, 1.54) is 38.5 Å². The Morgan fingerprint density at radius 3 is 2.47 bits per heavy atom. The summed E-state index contributed by atoms with van der Waals surface area (Å²) in [5.74, 6) is 1.60. The molecule has 0 aromatic rings. The third-order valence-corrected chi connectivity index (χ3v) is 5.18. The van der Waals surface area contributed by atoms with Gasteiger partial charge in [-0.1, -0.05) is 46.0 Å². The van der Waals surface area contributed by atoms with Crippen LogP contribution in [0.4, 0.5) is 0 Å². The molecule has 0 saturated heterocycles. The Morgan fingerprint density at radius 2 is 1.76 bits per heavy atom. The van der Waals surface area contributed by atoms with Crippen LogP contribution in [0.3, 0.4) is 0 Å². The Balaban J connectivity index is 1.80. The van der Waals surface area contributed by atoms with Gasteiger partial charge in [-0.25, -0.2) is 0 Å². The van der Waals surface area contributed by atoms with Gasteiger partial charge in [-0.15, -0.1) is 0 Å². The SMILES string of the molecule is CC1CCCC(NCC2(O)CCCCC2)C1C. The molecule has 2 aliphatic carbocycles. The molecule has 2 aliphatic rings. The Bertz CT molecular complexity index is 235. The highest BCUT2D eigenvalue weighted by Crippen LogP contribution is 2.31. The van der Waals surface area contributed by atoms with E-state index in [-0.39, 0.29) is 0 Å². The zero-order valence-corrected chi connectivity index (χ0v) is 11.5. The van der Waals surface area contributed by atoms with E-state index >= 15 is 0 Å². The van der Waals surface area contributed by atoms with Gasteiger partial charge in [0.1, 0.15) is 0 Å². The molecule has 0 aliphatic heterocycles. The van der Waals surface area contributed by atoms with Gasteiger partial charge in [-0.05, 0) is 31.1 Å². The molecule has 2 heteroatoms. The molecule has 2 saturated carbocycles. The van der Waals surface area contributed by atoms with Crippen LogP contribution in [0, 0.1) is 11.8 Å². The molecule has 0 radical (unpaired) electrons. The van der Waals surface area contributed by atoms with Crippen LogP contribution in [0.15, 0.2) is 0 Å². The summed E-state index contributed by atoms with van der Waals surface area (Å²) in [7, 11) is 0. The second-order valence-corrected chi connectivity index (χ2v) is 6.54. The largest absolute Gasteiger partial charge is 0.389 e. The van der Waals surface area contributed by atoms with E-state index in [9.17, 15) is 5.11 Å². The minimum absolute atomic E-state index is 0.404.